The van der Waals surface area contributed by atoms with E-state index in [1.54, 1.807) is 24.3 Å². The van der Waals surface area contributed by atoms with Crippen molar-refractivity contribution in [2.45, 2.75) is 43.9 Å². The van der Waals surface area contributed by atoms with E-state index in [-0.39, 0.29) is 35.6 Å². The fraction of sp³-hybridized carbons (Fsp3) is 0.545. The van der Waals surface area contributed by atoms with Gasteiger partial charge < -0.3 is 18.9 Å². The second-order valence-electron chi connectivity index (χ2n) is 8.25. The Morgan fingerprint density at radius 1 is 1.14 bits per heavy atom. The number of rotatable bonds is 4. The van der Waals surface area contributed by atoms with Gasteiger partial charge in [0.15, 0.2) is 0 Å². The molecule has 154 valence electrons. The summed E-state index contributed by atoms with van der Waals surface area (Å²) in [6, 6.07) is 7.14. The van der Waals surface area contributed by atoms with Crippen molar-refractivity contribution in [1.29, 1.82) is 0 Å². The van der Waals surface area contributed by atoms with E-state index in [9.17, 15) is 9.59 Å². The number of esters is 1. The van der Waals surface area contributed by atoms with Crippen molar-refractivity contribution in [2.75, 3.05) is 20.4 Å². The van der Waals surface area contributed by atoms with Gasteiger partial charge in [0.1, 0.15) is 18.1 Å². The van der Waals surface area contributed by atoms with E-state index in [1.807, 2.05) is 0 Å². The van der Waals surface area contributed by atoms with Crippen LogP contribution in [0.4, 0.5) is 0 Å². The van der Waals surface area contributed by atoms with E-state index in [1.165, 1.54) is 26.2 Å². The second-order valence-corrected chi connectivity index (χ2v) is 8.25. The maximum Gasteiger partial charge on any atom is 0.337 e. The lowest BCUT2D eigenvalue weighted by Crippen LogP contribution is -2.57. The van der Waals surface area contributed by atoms with Crippen LogP contribution in [0.25, 0.3) is 0 Å². The molecule has 1 aromatic rings. The lowest BCUT2D eigenvalue weighted by atomic mass is 9.73. The maximum absolute atomic E-state index is 13.1. The summed E-state index contributed by atoms with van der Waals surface area (Å²) in [4.78, 5) is 27.0. The topological polar surface area (TPSA) is 74.3 Å². The van der Waals surface area contributed by atoms with Crippen LogP contribution < -0.4 is 4.74 Å². The van der Waals surface area contributed by atoms with E-state index in [2.05, 4.69) is 4.90 Å². The number of ketones is 1. The smallest absolute Gasteiger partial charge is 0.337 e. The molecule has 0 radical (unpaired) electrons. The molecule has 0 amide bonds. The second kappa shape index (κ2) is 7.46. The molecule has 1 saturated heterocycles. The first-order chi connectivity index (χ1) is 14.1. The fourth-order valence-corrected chi connectivity index (χ4v) is 4.71. The van der Waals surface area contributed by atoms with Gasteiger partial charge in [0.25, 0.3) is 0 Å². The van der Waals surface area contributed by atoms with Crippen LogP contribution in [0.5, 0.6) is 5.75 Å². The minimum absolute atomic E-state index is 0.0136. The summed E-state index contributed by atoms with van der Waals surface area (Å²) in [5.74, 6) is 0.278. The van der Waals surface area contributed by atoms with Gasteiger partial charge in [-0.3, -0.25) is 9.69 Å². The van der Waals surface area contributed by atoms with E-state index in [0.29, 0.717) is 24.1 Å². The first-order valence-corrected chi connectivity index (χ1v) is 10.3. The molecule has 7 heteroatoms. The van der Waals surface area contributed by atoms with Crippen LogP contribution in [-0.4, -0.2) is 55.3 Å². The lowest BCUT2D eigenvalue weighted by molar-refractivity contribution is -0.174. The van der Waals surface area contributed by atoms with Gasteiger partial charge in [-0.15, -0.1) is 0 Å². The van der Waals surface area contributed by atoms with Gasteiger partial charge in [-0.05, 0) is 49.9 Å². The number of hydrogen-bond acceptors (Lipinski definition) is 7. The molecule has 1 aromatic carbocycles. The molecule has 0 bridgehead atoms. The highest BCUT2D eigenvalue weighted by Crippen LogP contribution is 2.42. The molecule has 2 aliphatic heterocycles. The zero-order chi connectivity index (χ0) is 20.0. The van der Waals surface area contributed by atoms with Crippen LogP contribution in [0, 0.1) is 11.8 Å². The van der Waals surface area contributed by atoms with Gasteiger partial charge in [-0.1, -0.05) is 0 Å². The van der Waals surface area contributed by atoms with Gasteiger partial charge in [0.2, 0.25) is 11.5 Å². The highest BCUT2D eigenvalue weighted by Gasteiger charge is 2.50. The first kappa shape index (κ1) is 18.6. The summed E-state index contributed by atoms with van der Waals surface area (Å²) in [6.07, 6.45) is 5.56. The monoisotopic (exact) mass is 399 g/mol. The molecule has 5 rings (SSSR count). The summed E-state index contributed by atoms with van der Waals surface area (Å²) >= 11 is 0. The Morgan fingerprint density at radius 3 is 2.66 bits per heavy atom. The number of Topliss-reactive ketones (excluding diaryl/α,β-unsaturated/α-hetero) is 1. The molecule has 4 aliphatic rings. The summed E-state index contributed by atoms with van der Waals surface area (Å²) < 4.78 is 22.6. The van der Waals surface area contributed by atoms with E-state index >= 15 is 0 Å². The van der Waals surface area contributed by atoms with Crippen molar-refractivity contribution in [3.63, 3.8) is 0 Å². The maximum atomic E-state index is 13.1. The summed E-state index contributed by atoms with van der Waals surface area (Å²) in [5, 5.41) is 0. The third kappa shape index (κ3) is 3.53. The van der Waals surface area contributed by atoms with E-state index in [4.69, 9.17) is 18.9 Å². The molecule has 4 atom stereocenters. The quantitative estimate of drug-likeness (QED) is 0.720. The lowest BCUT2D eigenvalue weighted by Gasteiger charge is -2.48. The van der Waals surface area contributed by atoms with Crippen LogP contribution in [0.3, 0.4) is 0 Å². The summed E-state index contributed by atoms with van der Waals surface area (Å²) in [6.45, 7) is 1.63. The highest BCUT2D eigenvalue weighted by atomic mass is 16.5. The van der Waals surface area contributed by atoms with Crippen LogP contribution in [0.15, 0.2) is 36.3 Å². The first-order valence-electron chi connectivity index (χ1n) is 10.3. The number of hydrogen-bond donors (Lipinski definition) is 0. The van der Waals surface area contributed by atoms with Gasteiger partial charge in [0.05, 0.1) is 31.4 Å². The molecular weight excluding hydrogens is 374 g/mol. The number of nitrogens with zero attached hydrogens (tertiary/aromatic N) is 1. The zero-order valence-electron chi connectivity index (χ0n) is 16.4. The van der Waals surface area contributed by atoms with Gasteiger partial charge in [-0.25, -0.2) is 4.79 Å². The Balaban J connectivity index is 1.29. The van der Waals surface area contributed by atoms with Crippen molar-refractivity contribution >= 4 is 11.8 Å². The molecular formula is C22H25NO6. The zero-order valence-corrected chi connectivity index (χ0v) is 16.4. The molecule has 2 saturated carbocycles. The number of carbonyl (C=O) groups excluding carboxylic acids is 2. The number of ether oxygens (including phenoxy) is 4. The predicted octanol–water partition coefficient (Wildman–Crippen LogP) is 2.51. The van der Waals surface area contributed by atoms with Crippen molar-refractivity contribution in [3.05, 3.63) is 41.9 Å². The van der Waals surface area contributed by atoms with E-state index in [0.717, 1.165) is 19.4 Å². The Hall–Kier alpha value is -2.38. The molecule has 0 aromatic heterocycles. The standard InChI is InChI=1S/C22H25NO6/c1-26-22(25)13-2-6-15(7-3-13)29-19-11-27-21-16(20(19)24)8-9-18-17(21)10-23(12-28-18)14-4-5-14/h2-3,6-7,11,14,16-18,21H,4-5,8-10,12H2,1H3. The Kier molecular flexibility index (Phi) is 4.80. The largest absolute Gasteiger partial charge is 0.493 e. The van der Waals surface area contributed by atoms with Crippen molar-refractivity contribution in [1.82, 2.24) is 4.90 Å². The molecule has 7 nitrogen and oxygen atoms in total. The van der Waals surface area contributed by atoms with Crippen molar-refractivity contribution in [3.8, 4) is 5.75 Å². The van der Waals surface area contributed by atoms with Crippen LogP contribution >= 0.6 is 0 Å². The number of benzene rings is 1. The van der Waals surface area contributed by atoms with Crippen LogP contribution in [0.1, 0.15) is 36.0 Å². The molecule has 4 unspecified atom stereocenters. The van der Waals surface area contributed by atoms with Crippen molar-refractivity contribution < 1.29 is 28.5 Å². The van der Waals surface area contributed by atoms with Gasteiger partial charge in [0, 0.05) is 18.5 Å². The Labute approximate surface area is 169 Å². The Bertz CT molecular complexity index is 830. The summed E-state index contributed by atoms with van der Waals surface area (Å²) in [7, 11) is 1.34. The molecule has 3 fully saturated rings. The molecule has 2 heterocycles. The fourth-order valence-electron chi connectivity index (χ4n) is 4.71. The number of allylic oxidation sites excluding steroid dienone is 1. The number of methoxy groups -OCH3 is 1. The minimum Gasteiger partial charge on any atom is -0.493 e. The molecule has 0 N–H and O–H groups in total. The summed E-state index contributed by atoms with van der Waals surface area (Å²) in [5.41, 5.74) is 0.427. The van der Waals surface area contributed by atoms with Crippen LogP contribution in [0.2, 0.25) is 0 Å². The van der Waals surface area contributed by atoms with Crippen molar-refractivity contribution in [2.24, 2.45) is 11.8 Å². The predicted molar refractivity (Wildman–Crippen MR) is 102 cm³/mol. The number of carbonyl (C=O) groups is 2. The molecule has 0 spiro atoms. The normalized spacial score (nSPS) is 31.8. The average Bonchev–Trinajstić information content (AvgIpc) is 3.60. The highest BCUT2D eigenvalue weighted by molar-refractivity contribution is 5.96. The average molecular weight is 399 g/mol. The van der Waals surface area contributed by atoms with E-state index < -0.39 is 5.97 Å². The van der Waals surface area contributed by atoms with Gasteiger partial charge >= 0.3 is 5.97 Å². The third-order valence-corrected chi connectivity index (χ3v) is 6.44. The van der Waals surface area contributed by atoms with Gasteiger partial charge in [-0.2, -0.15) is 0 Å². The SMILES string of the molecule is COC(=O)c1ccc(OC2=COC3C(CCC4OCN(C5CC5)CC43)C2=O)cc1. The minimum atomic E-state index is -0.414. The Morgan fingerprint density at radius 2 is 1.93 bits per heavy atom. The number of fused-ring (bicyclic) bond motifs is 3. The van der Waals surface area contributed by atoms with Crippen LogP contribution in [-0.2, 0) is 19.0 Å². The molecule has 2 aliphatic carbocycles. The molecule has 29 heavy (non-hydrogen) atoms. The third-order valence-electron chi connectivity index (χ3n) is 6.44.